The average molecular weight is 280 g/mol. The molecule has 0 aliphatic carbocycles. The van der Waals surface area contributed by atoms with Crippen molar-refractivity contribution in [3.05, 3.63) is 82.1 Å². The first-order valence-electron chi connectivity index (χ1n) is 6.82. The van der Waals surface area contributed by atoms with Crippen LogP contribution < -0.4 is 11.0 Å². The van der Waals surface area contributed by atoms with Crippen LogP contribution in [-0.2, 0) is 18.0 Å². The second-order valence-corrected chi connectivity index (χ2v) is 4.81. The lowest BCUT2D eigenvalue weighted by molar-refractivity contribution is 0.0233. The van der Waals surface area contributed by atoms with Gasteiger partial charge in [0.25, 0.3) is 5.56 Å². The molecular formula is C17H16N2O2. The van der Waals surface area contributed by atoms with Crippen LogP contribution in [0.25, 0.3) is 10.9 Å². The Morgan fingerprint density at radius 1 is 1.00 bits per heavy atom. The van der Waals surface area contributed by atoms with Gasteiger partial charge in [-0.05, 0) is 23.1 Å². The molecule has 0 saturated heterocycles. The number of H-pyrrole nitrogens is 1. The maximum Gasteiger partial charge on any atom is 0.253 e. The van der Waals surface area contributed by atoms with Crippen LogP contribution in [0.3, 0.4) is 0 Å². The molecule has 2 aromatic carbocycles. The van der Waals surface area contributed by atoms with E-state index in [2.05, 4.69) is 10.5 Å². The van der Waals surface area contributed by atoms with Crippen molar-refractivity contribution in [3.8, 4) is 0 Å². The lowest BCUT2D eigenvalue weighted by Gasteiger charge is -2.06. The summed E-state index contributed by atoms with van der Waals surface area (Å²) in [6, 6.07) is 19.5. The number of hydroxylamine groups is 1. The Hall–Kier alpha value is -2.43. The minimum absolute atomic E-state index is 0.0930. The van der Waals surface area contributed by atoms with Crippen molar-refractivity contribution < 1.29 is 4.84 Å². The summed E-state index contributed by atoms with van der Waals surface area (Å²) in [5.74, 6) is 0. The van der Waals surface area contributed by atoms with E-state index in [9.17, 15) is 4.79 Å². The van der Waals surface area contributed by atoms with Gasteiger partial charge >= 0.3 is 0 Å². The van der Waals surface area contributed by atoms with E-state index in [1.807, 2.05) is 60.7 Å². The Bertz CT molecular complexity index is 781. The summed E-state index contributed by atoms with van der Waals surface area (Å²) in [4.78, 5) is 20.2. The normalized spacial score (nSPS) is 10.9. The number of nitrogens with one attached hydrogen (secondary N) is 2. The highest BCUT2D eigenvalue weighted by Gasteiger charge is 2.02. The number of hydrogen-bond acceptors (Lipinski definition) is 3. The molecule has 3 rings (SSSR count). The molecule has 1 aromatic heterocycles. The summed E-state index contributed by atoms with van der Waals surface area (Å²) in [7, 11) is 0. The third-order valence-corrected chi connectivity index (χ3v) is 3.28. The predicted molar refractivity (Wildman–Crippen MR) is 82.6 cm³/mol. The number of pyridine rings is 1. The number of aromatic nitrogens is 1. The topological polar surface area (TPSA) is 54.1 Å². The van der Waals surface area contributed by atoms with E-state index in [0.29, 0.717) is 18.7 Å². The fourth-order valence-corrected chi connectivity index (χ4v) is 2.16. The molecule has 4 nitrogen and oxygen atoms in total. The van der Waals surface area contributed by atoms with Crippen LogP contribution in [-0.4, -0.2) is 4.98 Å². The molecule has 0 amide bonds. The molecule has 106 valence electrons. The number of hydrogen-bond donors (Lipinski definition) is 2. The van der Waals surface area contributed by atoms with E-state index in [-0.39, 0.29) is 5.56 Å². The van der Waals surface area contributed by atoms with Crippen molar-refractivity contribution in [1.82, 2.24) is 10.5 Å². The molecule has 0 spiro atoms. The Kier molecular flexibility index (Phi) is 4.09. The van der Waals surface area contributed by atoms with Crippen molar-refractivity contribution in [3.63, 3.8) is 0 Å². The van der Waals surface area contributed by atoms with Crippen molar-refractivity contribution in [2.24, 2.45) is 0 Å². The average Bonchev–Trinajstić information content (AvgIpc) is 2.53. The first-order chi connectivity index (χ1) is 10.3. The van der Waals surface area contributed by atoms with Gasteiger partial charge in [0.15, 0.2) is 0 Å². The van der Waals surface area contributed by atoms with Gasteiger partial charge in [0.05, 0.1) is 13.2 Å². The van der Waals surface area contributed by atoms with Crippen LogP contribution in [0.4, 0.5) is 0 Å². The molecule has 0 aliphatic rings. The van der Waals surface area contributed by atoms with Crippen LogP contribution in [0.2, 0.25) is 0 Å². The second kappa shape index (κ2) is 6.35. The van der Waals surface area contributed by atoms with Gasteiger partial charge in [0.2, 0.25) is 0 Å². The molecule has 0 radical (unpaired) electrons. The fourth-order valence-electron chi connectivity index (χ4n) is 2.16. The van der Waals surface area contributed by atoms with Gasteiger partial charge in [0.1, 0.15) is 0 Å². The van der Waals surface area contributed by atoms with Gasteiger partial charge in [-0.2, -0.15) is 5.48 Å². The van der Waals surface area contributed by atoms with Crippen molar-refractivity contribution in [2.75, 3.05) is 0 Å². The summed E-state index contributed by atoms with van der Waals surface area (Å²) in [5.41, 5.74) is 5.32. The first-order valence-corrected chi connectivity index (χ1v) is 6.82. The van der Waals surface area contributed by atoms with E-state index in [0.717, 1.165) is 16.5 Å². The fraction of sp³-hybridized carbons (Fsp3) is 0.118. The van der Waals surface area contributed by atoms with Gasteiger partial charge in [-0.1, -0.05) is 48.5 Å². The molecule has 0 aliphatic heterocycles. The lowest BCUT2D eigenvalue weighted by atomic mass is 10.1. The first kappa shape index (κ1) is 13.5. The Balaban J connectivity index is 1.63. The number of aromatic amines is 1. The van der Waals surface area contributed by atoms with Crippen molar-refractivity contribution in [1.29, 1.82) is 0 Å². The smallest absolute Gasteiger partial charge is 0.253 e. The molecule has 0 atom stereocenters. The summed E-state index contributed by atoms with van der Waals surface area (Å²) >= 11 is 0. The van der Waals surface area contributed by atoms with E-state index in [4.69, 9.17) is 4.84 Å². The highest BCUT2D eigenvalue weighted by atomic mass is 16.6. The molecule has 0 bridgehead atoms. The lowest BCUT2D eigenvalue weighted by Crippen LogP contribution is -2.21. The largest absolute Gasteiger partial charge is 0.322 e. The third-order valence-electron chi connectivity index (χ3n) is 3.28. The van der Waals surface area contributed by atoms with Gasteiger partial charge < -0.3 is 4.98 Å². The van der Waals surface area contributed by atoms with E-state index in [1.165, 1.54) is 0 Å². The van der Waals surface area contributed by atoms with Gasteiger partial charge in [-0.3, -0.25) is 9.63 Å². The quantitative estimate of drug-likeness (QED) is 0.558. The van der Waals surface area contributed by atoms with Crippen molar-refractivity contribution in [2.45, 2.75) is 13.2 Å². The summed E-state index contributed by atoms with van der Waals surface area (Å²) in [6.07, 6.45) is 0. The maximum absolute atomic E-state index is 11.9. The SMILES string of the molecule is O=c1[nH]c2ccccc2cc1CNOCc1ccccc1. The number of benzene rings is 2. The van der Waals surface area contributed by atoms with Crippen LogP contribution in [0.1, 0.15) is 11.1 Å². The predicted octanol–water partition coefficient (Wildman–Crippen LogP) is 2.75. The molecular weight excluding hydrogens is 264 g/mol. The minimum Gasteiger partial charge on any atom is -0.322 e. The summed E-state index contributed by atoms with van der Waals surface area (Å²) < 4.78 is 0. The Morgan fingerprint density at radius 2 is 1.76 bits per heavy atom. The zero-order valence-corrected chi connectivity index (χ0v) is 11.5. The molecule has 0 saturated carbocycles. The van der Waals surface area contributed by atoms with Crippen LogP contribution in [0.15, 0.2) is 65.5 Å². The Labute approximate surface area is 122 Å². The van der Waals surface area contributed by atoms with E-state index >= 15 is 0 Å². The van der Waals surface area contributed by atoms with Crippen molar-refractivity contribution >= 4 is 10.9 Å². The molecule has 0 unspecified atom stereocenters. The molecule has 3 aromatic rings. The summed E-state index contributed by atoms with van der Waals surface area (Å²) in [6.45, 7) is 0.833. The molecule has 2 N–H and O–H groups in total. The van der Waals surface area contributed by atoms with Gasteiger partial charge in [-0.25, -0.2) is 0 Å². The minimum atomic E-state index is -0.0930. The summed E-state index contributed by atoms with van der Waals surface area (Å²) in [5, 5.41) is 1.01. The van der Waals surface area contributed by atoms with Gasteiger partial charge in [-0.15, -0.1) is 0 Å². The zero-order valence-electron chi connectivity index (χ0n) is 11.5. The molecule has 21 heavy (non-hydrogen) atoms. The number of para-hydroxylation sites is 1. The molecule has 4 heteroatoms. The van der Waals surface area contributed by atoms with Crippen LogP contribution in [0.5, 0.6) is 0 Å². The second-order valence-electron chi connectivity index (χ2n) is 4.81. The highest BCUT2D eigenvalue weighted by Crippen LogP contribution is 2.09. The number of fused-ring (bicyclic) bond motifs is 1. The van der Waals surface area contributed by atoms with Crippen LogP contribution in [0, 0.1) is 0 Å². The maximum atomic E-state index is 11.9. The highest BCUT2D eigenvalue weighted by molar-refractivity contribution is 5.78. The Morgan fingerprint density at radius 3 is 2.62 bits per heavy atom. The number of rotatable bonds is 5. The standard InChI is InChI=1S/C17H16N2O2/c20-17-15(10-14-8-4-5-9-16(14)19-17)11-18-21-12-13-6-2-1-3-7-13/h1-10,18H,11-12H2,(H,19,20). The van der Waals surface area contributed by atoms with Crippen LogP contribution >= 0.6 is 0 Å². The van der Waals surface area contributed by atoms with Gasteiger partial charge in [0, 0.05) is 11.1 Å². The molecule has 0 fully saturated rings. The zero-order chi connectivity index (χ0) is 14.5. The van der Waals surface area contributed by atoms with E-state index < -0.39 is 0 Å². The third kappa shape index (κ3) is 3.37. The molecule has 1 heterocycles. The monoisotopic (exact) mass is 280 g/mol. The van der Waals surface area contributed by atoms with E-state index in [1.54, 1.807) is 0 Å².